The second-order valence-corrected chi connectivity index (χ2v) is 7.51. The van der Waals surface area contributed by atoms with Gasteiger partial charge in [0, 0.05) is 21.2 Å². The Labute approximate surface area is 145 Å². The summed E-state index contributed by atoms with van der Waals surface area (Å²) in [4.78, 5) is 21.5. The molecule has 1 fully saturated rings. The Morgan fingerprint density at radius 3 is 3.00 bits per heavy atom. The summed E-state index contributed by atoms with van der Waals surface area (Å²) >= 11 is 3.63. The average molecular weight is 394 g/mol. The Kier molecular flexibility index (Phi) is 3.54. The predicted molar refractivity (Wildman–Crippen MR) is 93.9 cm³/mol. The summed E-state index contributed by atoms with van der Waals surface area (Å²) in [5.41, 5.74) is 2.56. The minimum atomic E-state index is -1.28. The minimum absolute atomic E-state index is 0.259. The molecule has 2 aromatic heterocycles. The Morgan fingerprint density at radius 2 is 2.21 bits per heavy atom. The molecule has 1 aliphatic heterocycles. The number of aromatic nitrogens is 3. The highest BCUT2D eigenvalue weighted by Crippen LogP contribution is 2.45. The van der Waals surface area contributed by atoms with Gasteiger partial charge in [0.15, 0.2) is 0 Å². The summed E-state index contributed by atoms with van der Waals surface area (Å²) < 4.78 is 20.2. The van der Waals surface area contributed by atoms with Gasteiger partial charge in [0.1, 0.15) is 0 Å². The van der Waals surface area contributed by atoms with Crippen LogP contribution < -0.4 is 5.69 Å². The van der Waals surface area contributed by atoms with Crippen LogP contribution in [-0.4, -0.2) is 27.9 Å². The summed E-state index contributed by atoms with van der Waals surface area (Å²) in [5, 5.41) is 0.849. The number of H-pyrrole nitrogens is 2. The smallest absolute Gasteiger partial charge is 0.323 e. The van der Waals surface area contributed by atoms with Gasteiger partial charge in [0.05, 0.1) is 29.4 Å². The molecule has 3 atom stereocenters. The number of imidazole rings is 1. The zero-order valence-electron chi connectivity index (χ0n) is 13.3. The summed E-state index contributed by atoms with van der Waals surface area (Å²) in [6, 6.07) is 3.93. The Bertz CT molecular complexity index is 999. The second kappa shape index (κ2) is 5.39. The number of fused-ring (bicyclic) bond motifs is 3. The van der Waals surface area contributed by atoms with Crippen molar-refractivity contribution in [1.29, 1.82) is 0 Å². The van der Waals surface area contributed by atoms with Crippen LogP contribution in [0.15, 0.2) is 27.6 Å². The molecule has 3 heterocycles. The van der Waals surface area contributed by atoms with Crippen molar-refractivity contribution in [3.8, 4) is 0 Å². The first kappa shape index (κ1) is 15.8. The second-order valence-electron chi connectivity index (χ2n) is 6.65. The molecule has 1 saturated heterocycles. The number of aromatic amines is 2. The molecule has 0 amide bonds. The summed E-state index contributed by atoms with van der Waals surface area (Å²) in [6.45, 7) is 4.33. The molecule has 7 heteroatoms. The number of rotatable bonds is 1. The number of alkyl halides is 1. The third kappa shape index (κ3) is 2.22. The first-order chi connectivity index (χ1) is 11.4. The normalized spacial score (nSPS) is 27.8. The van der Waals surface area contributed by atoms with Gasteiger partial charge in [-0.1, -0.05) is 29.8 Å². The van der Waals surface area contributed by atoms with Crippen molar-refractivity contribution < 1.29 is 9.13 Å². The Balaban J connectivity index is 1.95. The fourth-order valence-corrected chi connectivity index (χ4v) is 4.37. The fraction of sp³-hybridized carbons (Fsp3) is 0.412. The first-order valence-electron chi connectivity index (χ1n) is 7.86. The molecule has 0 saturated carbocycles. The van der Waals surface area contributed by atoms with E-state index >= 15 is 0 Å². The molecule has 0 bridgehead atoms. The standard InChI is InChI=1S/C17H17BrFN3O2/c1-8-15(19)24-4-3-17(8,2)10-6-12-9(5-11(10)18)14-13(7-20-12)21-16(23)22-14/h5-8,15H,3-4H2,1-2H3,(H2,21,22,23). The lowest BCUT2D eigenvalue weighted by molar-refractivity contribution is -0.131. The van der Waals surface area contributed by atoms with Crippen molar-refractivity contribution in [2.24, 2.45) is 5.92 Å². The van der Waals surface area contributed by atoms with E-state index < -0.39 is 6.36 Å². The molecular formula is C17H17BrFN3O2. The summed E-state index contributed by atoms with van der Waals surface area (Å²) in [6.07, 6.45) is 1.10. The molecule has 4 rings (SSSR count). The molecule has 0 spiro atoms. The van der Waals surface area contributed by atoms with Crippen molar-refractivity contribution >= 4 is 37.9 Å². The van der Waals surface area contributed by atoms with Crippen LogP contribution in [0.5, 0.6) is 0 Å². The molecule has 126 valence electrons. The van der Waals surface area contributed by atoms with Crippen LogP contribution in [0.4, 0.5) is 4.39 Å². The van der Waals surface area contributed by atoms with Crippen molar-refractivity contribution in [2.75, 3.05) is 6.61 Å². The topological polar surface area (TPSA) is 70.8 Å². The summed E-state index contributed by atoms with van der Waals surface area (Å²) in [5.74, 6) is -0.268. The van der Waals surface area contributed by atoms with Crippen LogP contribution in [0.2, 0.25) is 0 Å². The first-order valence-corrected chi connectivity index (χ1v) is 8.66. The molecule has 0 aliphatic carbocycles. The van der Waals surface area contributed by atoms with Gasteiger partial charge in [0.2, 0.25) is 6.36 Å². The molecule has 2 N–H and O–H groups in total. The Hall–Kier alpha value is -1.73. The van der Waals surface area contributed by atoms with E-state index in [1.807, 2.05) is 19.1 Å². The molecular weight excluding hydrogens is 377 g/mol. The van der Waals surface area contributed by atoms with E-state index in [0.717, 1.165) is 32.9 Å². The van der Waals surface area contributed by atoms with Crippen LogP contribution in [0.3, 0.4) is 0 Å². The third-order valence-corrected chi connectivity index (χ3v) is 6.01. The highest BCUT2D eigenvalue weighted by atomic mass is 79.9. The van der Waals surface area contributed by atoms with E-state index in [-0.39, 0.29) is 17.0 Å². The molecule has 1 aromatic carbocycles. The number of hydrogen-bond acceptors (Lipinski definition) is 3. The van der Waals surface area contributed by atoms with Gasteiger partial charge < -0.3 is 14.7 Å². The number of pyridine rings is 1. The lowest BCUT2D eigenvalue weighted by Crippen LogP contribution is -2.43. The number of ether oxygens (including phenoxy) is 1. The maximum absolute atomic E-state index is 14.1. The van der Waals surface area contributed by atoms with E-state index in [1.165, 1.54) is 0 Å². The molecule has 3 aromatic rings. The lowest BCUT2D eigenvalue weighted by atomic mass is 9.69. The average Bonchev–Trinajstić information content (AvgIpc) is 2.93. The van der Waals surface area contributed by atoms with Gasteiger partial charge in [-0.2, -0.15) is 0 Å². The number of halogens is 2. The van der Waals surface area contributed by atoms with Crippen molar-refractivity contribution in [3.63, 3.8) is 0 Å². The van der Waals surface area contributed by atoms with Crippen LogP contribution in [0.1, 0.15) is 25.8 Å². The zero-order valence-corrected chi connectivity index (χ0v) is 14.9. The largest absolute Gasteiger partial charge is 0.348 e. The van der Waals surface area contributed by atoms with E-state index in [4.69, 9.17) is 4.74 Å². The maximum atomic E-state index is 14.1. The molecule has 0 radical (unpaired) electrons. The lowest BCUT2D eigenvalue weighted by Gasteiger charge is -2.42. The highest BCUT2D eigenvalue weighted by molar-refractivity contribution is 9.10. The van der Waals surface area contributed by atoms with Gasteiger partial charge in [0.25, 0.3) is 0 Å². The van der Waals surface area contributed by atoms with Crippen molar-refractivity contribution in [3.05, 3.63) is 38.9 Å². The van der Waals surface area contributed by atoms with Crippen LogP contribution in [0, 0.1) is 5.92 Å². The van der Waals surface area contributed by atoms with E-state index in [1.54, 1.807) is 6.20 Å². The predicted octanol–water partition coefficient (Wildman–Crippen LogP) is 3.78. The molecule has 1 aliphatic rings. The number of hydrogen-bond donors (Lipinski definition) is 2. The number of benzene rings is 1. The fourth-order valence-electron chi connectivity index (χ4n) is 3.57. The monoisotopic (exact) mass is 393 g/mol. The van der Waals surface area contributed by atoms with Crippen LogP contribution in [-0.2, 0) is 10.2 Å². The van der Waals surface area contributed by atoms with Gasteiger partial charge in [-0.15, -0.1) is 0 Å². The molecule has 5 nitrogen and oxygen atoms in total. The summed E-state index contributed by atoms with van der Waals surface area (Å²) in [7, 11) is 0. The van der Waals surface area contributed by atoms with Crippen LogP contribution in [0.25, 0.3) is 21.9 Å². The van der Waals surface area contributed by atoms with Crippen molar-refractivity contribution in [2.45, 2.75) is 32.0 Å². The highest BCUT2D eigenvalue weighted by Gasteiger charge is 2.43. The van der Waals surface area contributed by atoms with Gasteiger partial charge in [-0.05, 0) is 24.1 Å². The van der Waals surface area contributed by atoms with E-state index in [2.05, 4.69) is 37.8 Å². The van der Waals surface area contributed by atoms with Gasteiger partial charge >= 0.3 is 5.69 Å². The number of nitrogens with zero attached hydrogens (tertiary/aromatic N) is 1. The van der Waals surface area contributed by atoms with Gasteiger partial charge in [-0.25, -0.2) is 9.18 Å². The van der Waals surface area contributed by atoms with E-state index in [9.17, 15) is 9.18 Å². The molecule has 24 heavy (non-hydrogen) atoms. The third-order valence-electron chi connectivity index (χ3n) is 5.36. The van der Waals surface area contributed by atoms with Crippen LogP contribution >= 0.6 is 15.9 Å². The van der Waals surface area contributed by atoms with E-state index in [0.29, 0.717) is 12.1 Å². The quantitative estimate of drug-likeness (QED) is 0.660. The maximum Gasteiger partial charge on any atom is 0.323 e. The number of nitrogens with one attached hydrogen (secondary N) is 2. The SMILES string of the molecule is CC1C(F)OCCC1(C)c1cc2ncc3[nH]c(=O)[nH]c3c2cc1Br. The van der Waals surface area contributed by atoms with Crippen molar-refractivity contribution in [1.82, 2.24) is 15.0 Å². The zero-order chi connectivity index (χ0) is 17.1. The molecule has 3 unspecified atom stereocenters. The Morgan fingerprint density at radius 1 is 1.42 bits per heavy atom. The van der Waals surface area contributed by atoms with Gasteiger partial charge in [-0.3, -0.25) is 4.98 Å². The minimum Gasteiger partial charge on any atom is -0.348 e.